The Balaban J connectivity index is 2.23. The SMILES string of the molecule is Cc1ccc(Br)cc1OC(CN)c1ccccn1. The number of hydrogen-bond donors (Lipinski definition) is 1. The van der Waals surface area contributed by atoms with Crippen LogP contribution in [0, 0.1) is 6.92 Å². The second kappa shape index (κ2) is 5.98. The van der Waals surface area contributed by atoms with E-state index in [1.807, 2.05) is 43.3 Å². The van der Waals surface area contributed by atoms with Crippen molar-refractivity contribution in [3.05, 3.63) is 58.3 Å². The standard InChI is InChI=1S/C14H15BrN2O/c1-10-5-6-11(15)8-13(10)18-14(9-16)12-4-2-3-7-17-12/h2-8,14H,9,16H2,1H3. The Morgan fingerprint density at radius 1 is 1.33 bits per heavy atom. The fourth-order valence-corrected chi connectivity index (χ4v) is 1.99. The summed E-state index contributed by atoms with van der Waals surface area (Å²) < 4.78 is 6.93. The van der Waals surface area contributed by atoms with E-state index in [0.717, 1.165) is 21.5 Å². The molecule has 4 heteroatoms. The molecule has 0 amide bonds. The fourth-order valence-electron chi connectivity index (χ4n) is 1.65. The summed E-state index contributed by atoms with van der Waals surface area (Å²) in [6.45, 7) is 2.40. The molecule has 0 fully saturated rings. The van der Waals surface area contributed by atoms with Crippen molar-refractivity contribution in [1.29, 1.82) is 0 Å². The number of pyridine rings is 1. The molecule has 2 aromatic rings. The van der Waals surface area contributed by atoms with Gasteiger partial charge in [0.15, 0.2) is 6.10 Å². The van der Waals surface area contributed by atoms with Gasteiger partial charge in [-0.15, -0.1) is 0 Å². The summed E-state index contributed by atoms with van der Waals surface area (Å²) in [7, 11) is 0. The van der Waals surface area contributed by atoms with Crippen molar-refractivity contribution >= 4 is 15.9 Å². The highest BCUT2D eigenvalue weighted by Crippen LogP contribution is 2.27. The van der Waals surface area contributed by atoms with Gasteiger partial charge >= 0.3 is 0 Å². The lowest BCUT2D eigenvalue weighted by Crippen LogP contribution is -2.19. The molecule has 0 saturated heterocycles. The zero-order chi connectivity index (χ0) is 13.0. The van der Waals surface area contributed by atoms with Crippen molar-refractivity contribution in [2.45, 2.75) is 13.0 Å². The molecule has 94 valence electrons. The zero-order valence-electron chi connectivity index (χ0n) is 10.1. The first-order valence-corrected chi connectivity index (χ1v) is 6.54. The lowest BCUT2D eigenvalue weighted by molar-refractivity contribution is 0.208. The minimum Gasteiger partial charge on any atom is -0.482 e. The number of hydrogen-bond acceptors (Lipinski definition) is 3. The van der Waals surface area contributed by atoms with Crippen LogP contribution in [0.1, 0.15) is 17.4 Å². The lowest BCUT2D eigenvalue weighted by atomic mass is 10.2. The van der Waals surface area contributed by atoms with E-state index < -0.39 is 0 Å². The Labute approximate surface area is 115 Å². The zero-order valence-corrected chi connectivity index (χ0v) is 11.7. The highest BCUT2D eigenvalue weighted by molar-refractivity contribution is 9.10. The monoisotopic (exact) mass is 306 g/mol. The summed E-state index contributed by atoms with van der Waals surface area (Å²) in [5.41, 5.74) is 7.69. The topological polar surface area (TPSA) is 48.1 Å². The van der Waals surface area contributed by atoms with Gasteiger partial charge in [-0.05, 0) is 36.8 Å². The maximum Gasteiger partial charge on any atom is 0.153 e. The summed E-state index contributed by atoms with van der Waals surface area (Å²) in [6.07, 6.45) is 1.52. The molecule has 2 rings (SSSR count). The van der Waals surface area contributed by atoms with E-state index in [4.69, 9.17) is 10.5 Å². The molecule has 0 bridgehead atoms. The van der Waals surface area contributed by atoms with Crippen LogP contribution in [0.5, 0.6) is 5.75 Å². The third kappa shape index (κ3) is 3.09. The molecule has 0 radical (unpaired) electrons. The van der Waals surface area contributed by atoms with Crippen molar-refractivity contribution in [3.8, 4) is 5.75 Å². The highest BCUT2D eigenvalue weighted by Gasteiger charge is 2.13. The molecule has 0 spiro atoms. The Bertz CT molecular complexity index is 516. The van der Waals surface area contributed by atoms with Crippen LogP contribution in [0.2, 0.25) is 0 Å². The molecule has 18 heavy (non-hydrogen) atoms. The average molecular weight is 307 g/mol. The van der Waals surface area contributed by atoms with Gasteiger partial charge in [0.05, 0.1) is 5.69 Å². The van der Waals surface area contributed by atoms with Gasteiger partial charge in [0.1, 0.15) is 5.75 Å². The molecular formula is C14H15BrN2O. The Morgan fingerprint density at radius 2 is 2.17 bits per heavy atom. The van der Waals surface area contributed by atoms with Crippen LogP contribution in [0.15, 0.2) is 47.1 Å². The fraction of sp³-hybridized carbons (Fsp3) is 0.214. The van der Waals surface area contributed by atoms with Gasteiger partial charge in [0.25, 0.3) is 0 Å². The van der Waals surface area contributed by atoms with Gasteiger partial charge < -0.3 is 10.5 Å². The van der Waals surface area contributed by atoms with Crippen molar-refractivity contribution in [2.24, 2.45) is 5.73 Å². The van der Waals surface area contributed by atoms with E-state index in [2.05, 4.69) is 20.9 Å². The minimum absolute atomic E-state index is 0.223. The van der Waals surface area contributed by atoms with Gasteiger partial charge in [-0.3, -0.25) is 4.98 Å². The number of halogens is 1. The lowest BCUT2D eigenvalue weighted by Gasteiger charge is -2.18. The quantitative estimate of drug-likeness (QED) is 0.943. The van der Waals surface area contributed by atoms with Crippen LogP contribution in [0.3, 0.4) is 0 Å². The molecule has 0 saturated carbocycles. The van der Waals surface area contributed by atoms with Crippen LogP contribution in [0.4, 0.5) is 0 Å². The van der Waals surface area contributed by atoms with E-state index in [0.29, 0.717) is 6.54 Å². The van der Waals surface area contributed by atoms with E-state index in [-0.39, 0.29) is 6.10 Å². The molecule has 1 aromatic carbocycles. The Morgan fingerprint density at radius 3 is 2.83 bits per heavy atom. The Kier molecular flexibility index (Phi) is 4.33. The van der Waals surface area contributed by atoms with Gasteiger partial charge in [0.2, 0.25) is 0 Å². The Hall–Kier alpha value is -1.39. The van der Waals surface area contributed by atoms with E-state index in [1.54, 1.807) is 6.20 Å². The molecule has 3 nitrogen and oxygen atoms in total. The van der Waals surface area contributed by atoms with Crippen LogP contribution >= 0.6 is 15.9 Å². The molecule has 0 aliphatic carbocycles. The summed E-state index contributed by atoms with van der Waals surface area (Å²) in [5.74, 6) is 0.825. The second-order valence-corrected chi connectivity index (χ2v) is 4.92. The van der Waals surface area contributed by atoms with Gasteiger partial charge in [-0.2, -0.15) is 0 Å². The first-order chi connectivity index (χ1) is 8.70. The molecule has 1 aromatic heterocycles. The number of nitrogens with zero attached hydrogens (tertiary/aromatic N) is 1. The average Bonchev–Trinajstić information content (AvgIpc) is 2.41. The normalized spacial score (nSPS) is 12.2. The number of aryl methyl sites for hydroxylation is 1. The van der Waals surface area contributed by atoms with E-state index in [1.165, 1.54) is 0 Å². The van der Waals surface area contributed by atoms with Crippen LogP contribution in [-0.4, -0.2) is 11.5 Å². The minimum atomic E-state index is -0.223. The van der Waals surface area contributed by atoms with Crippen LogP contribution < -0.4 is 10.5 Å². The van der Waals surface area contributed by atoms with E-state index >= 15 is 0 Å². The maximum absolute atomic E-state index is 5.94. The van der Waals surface area contributed by atoms with Gasteiger partial charge in [-0.25, -0.2) is 0 Å². The first kappa shape index (κ1) is 13.1. The third-order valence-corrected chi connectivity index (χ3v) is 3.14. The predicted molar refractivity (Wildman–Crippen MR) is 75.5 cm³/mol. The van der Waals surface area contributed by atoms with Crippen molar-refractivity contribution in [2.75, 3.05) is 6.54 Å². The molecule has 1 atom stereocenters. The first-order valence-electron chi connectivity index (χ1n) is 5.74. The number of ether oxygens (including phenoxy) is 1. The number of nitrogens with two attached hydrogens (primary N) is 1. The second-order valence-electron chi connectivity index (χ2n) is 4.01. The smallest absolute Gasteiger partial charge is 0.153 e. The number of rotatable bonds is 4. The number of aromatic nitrogens is 1. The number of benzene rings is 1. The van der Waals surface area contributed by atoms with Gasteiger partial charge in [-0.1, -0.05) is 28.1 Å². The predicted octanol–water partition coefficient (Wildman–Crippen LogP) is 3.23. The molecule has 1 heterocycles. The van der Waals surface area contributed by atoms with Crippen LogP contribution in [-0.2, 0) is 0 Å². The van der Waals surface area contributed by atoms with E-state index in [9.17, 15) is 0 Å². The summed E-state index contributed by atoms with van der Waals surface area (Å²) in [6, 6.07) is 11.7. The molecule has 2 N–H and O–H groups in total. The highest BCUT2D eigenvalue weighted by atomic mass is 79.9. The summed E-state index contributed by atoms with van der Waals surface area (Å²) in [5, 5.41) is 0. The molecule has 1 unspecified atom stereocenters. The molecular weight excluding hydrogens is 292 g/mol. The summed E-state index contributed by atoms with van der Waals surface area (Å²) in [4.78, 5) is 4.28. The summed E-state index contributed by atoms with van der Waals surface area (Å²) >= 11 is 3.44. The maximum atomic E-state index is 5.94. The van der Waals surface area contributed by atoms with Crippen LogP contribution in [0.25, 0.3) is 0 Å². The van der Waals surface area contributed by atoms with Crippen molar-refractivity contribution < 1.29 is 4.74 Å². The van der Waals surface area contributed by atoms with Crippen molar-refractivity contribution in [3.63, 3.8) is 0 Å². The van der Waals surface area contributed by atoms with Crippen molar-refractivity contribution in [1.82, 2.24) is 4.98 Å². The van der Waals surface area contributed by atoms with Gasteiger partial charge in [0, 0.05) is 17.2 Å². The largest absolute Gasteiger partial charge is 0.482 e. The molecule has 0 aliphatic heterocycles. The third-order valence-electron chi connectivity index (χ3n) is 2.65. The molecule has 0 aliphatic rings.